The van der Waals surface area contributed by atoms with Crippen LogP contribution in [0.5, 0.6) is 0 Å². The summed E-state index contributed by atoms with van der Waals surface area (Å²) in [5.74, 6) is -0.0851. The molecule has 0 saturated heterocycles. The molecular formula is C12H19N3O. The number of hydrogen-bond acceptors (Lipinski definition) is 3. The number of rotatable bonds is 5. The van der Waals surface area contributed by atoms with E-state index in [-0.39, 0.29) is 11.8 Å². The molecule has 3 N–H and O–H groups in total. The van der Waals surface area contributed by atoms with E-state index in [0.29, 0.717) is 13.1 Å². The molecule has 1 aromatic heterocycles. The van der Waals surface area contributed by atoms with E-state index in [0.717, 1.165) is 17.8 Å². The fraction of sp³-hybridized carbons (Fsp3) is 0.500. The third-order valence-corrected chi connectivity index (χ3v) is 2.54. The molecule has 0 spiro atoms. The van der Waals surface area contributed by atoms with Crippen molar-refractivity contribution in [3.8, 4) is 0 Å². The summed E-state index contributed by atoms with van der Waals surface area (Å²) in [5.41, 5.74) is 7.33. The average molecular weight is 221 g/mol. The number of hydrogen-bond donors (Lipinski definition) is 2. The van der Waals surface area contributed by atoms with Gasteiger partial charge >= 0.3 is 0 Å². The van der Waals surface area contributed by atoms with Crippen molar-refractivity contribution in [2.24, 2.45) is 11.7 Å². The van der Waals surface area contributed by atoms with Crippen molar-refractivity contribution in [1.29, 1.82) is 0 Å². The number of nitrogens with two attached hydrogens (primary N) is 1. The second kappa shape index (κ2) is 6.23. The maximum absolute atomic E-state index is 11.6. The Morgan fingerprint density at radius 2 is 2.31 bits per heavy atom. The zero-order valence-corrected chi connectivity index (χ0v) is 9.86. The van der Waals surface area contributed by atoms with E-state index < -0.39 is 0 Å². The molecule has 1 rings (SSSR count). The van der Waals surface area contributed by atoms with Crippen LogP contribution < -0.4 is 11.1 Å². The number of aryl methyl sites for hydroxylation is 1. The summed E-state index contributed by atoms with van der Waals surface area (Å²) in [6.45, 7) is 4.75. The lowest BCUT2D eigenvalue weighted by Crippen LogP contribution is -2.34. The Morgan fingerprint density at radius 1 is 1.56 bits per heavy atom. The van der Waals surface area contributed by atoms with Crippen LogP contribution in [0.25, 0.3) is 0 Å². The van der Waals surface area contributed by atoms with Crippen molar-refractivity contribution in [2.45, 2.75) is 26.8 Å². The Balaban J connectivity index is 2.48. The van der Waals surface area contributed by atoms with Crippen LogP contribution in [-0.2, 0) is 11.3 Å². The third kappa shape index (κ3) is 3.62. The van der Waals surface area contributed by atoms with E-state index in [1.807, 2.05) is 32.0 Å². The van der Waals surface area contributed by atoms with Crippen LogP contribution in [0.15, 0.2) is 18.2 Å². The number of amides is 1. The van der Waals surface area contributed by atoms with Crippen LogP contribution in [0.3, 0.4) is 0 Å². The third-order valence-electron chi connectivity index (χ3n) is 2.54. The first-order valence-electron chi connectivity index (χ1n) is 5.57. The number of carbonyl (C=O) groups excluding carboxylic acids is 1. The second-order valence-corrected chi connectivity index (χ2v) is 3.83. The number of aromatic nitrogens is 1. The van der Waals surface area contributed by atoms with Crippen LogP contribution in [0.4, 0.5) is 0 Å². The number of nitrogens with zero attached hydrogens (tertiary/aromatic N) is 1. The summed E-state index contributed by atoms with van der Waals surface area (Å²) in [4.78, 5) is 16.0. The molecule has 0 aliphatic carbocycles. The molecular weight excluding hydrogens is 202 g/mol. The van der Waals surface area contributed by atoms with Crippen molar-refractivity contribution in [3.05, 3.63) is 29.6 Å². The Kier molecular flexibility index (Phi) is 4.92. The maximum atomic E-state index is 11.6. The highest BCUT2D eigenvalue weighted by Crippen LogP contribution is 2.01. The van der Waals surface area contributed by atoms with Crippen molar-refractivity contribution >= 4 is 5.91 Å². The molecule has 0 saturated carbocycles. The van der Waals surface area contributed by atoms with Gasteiger partial charge in [-0.2, -0.15) is 0 Å². The molecule has 1 amide bonds. The summed E-state index contributed by atoms with van der Waals surface area (Å²) in [7, 11) is 0. The van der Waals surface area contributed by atoms with E-state index in [9.17, 15) is 4.79 Å². The van der Waals surface area contributed by atoms with Gasteiger partial charge in [-0.15, -0.1) is 0 Å². The van der Waals surface area contributed by atoms with Gasteiger partial charge in [0.25, 0.3) is 0 Å². The van der Waals surface area contributed by atoms with Crippen LogP contribution in [-0.4, -0.2) is 17.4 Å². The molecule has 1 heterocycles. The summed E-state index contributed by atoms with van der Waals surface area (Å²) in [6.07, 6.45) is 0.767. The first-order valence-corrected chi connectivity index (χ1v) is 5.57. The fourth-order valence-corrected chi connectivity index (χ4v) is 1.48. The van der Waals surface area contributed by atoms with Gasteiger partial charge in [0.05, 0.1) is 12.2 Å². The monoisotopic (exact) mass is 221 g/mol. The van der Waals surface area contributed by atoms with Crippen LogP contribution in [0, 0.1) is 12.8 Å². The molecule has 88 valence electrons. The highest BCUT2D eigenvalue weighted by atomic mass is 16.1. The number of pyridine rings is 1. The van der Waals surface area contributed by atoms with E-state index in [1.165, 1.54) is 0 Å². The van der Waals surface area contributed by atoms with Gasteiger partial charge in [-0.05, 0) is 25.5 Å². The topological polar surface area (TPSA) is 68.0 Å². The highest BCUT2D eigenvalue weighted by Gasteiger charge is 2.13. The highest BCUT2D eigenvalue weighted by molar-refractivity contribution is 5.78. The lowest BCUT2D eigenvalue weighted by atomic mass is 10.1. The predicted octanol–water partition coefficient (Wildman–Crippen LogP) is 0.991. The number of carbonyl (C=O) groups is 1. The molecule has 0 aliphatic heterocycles. The van der Waals surface area contributed by atoms with E-state index in [4.69, 9.17) is 5.73 Å². The molecule has 0 aliphatic rings. The van der Waals surface area contributed by atoms with Crippen LogP contribution >= 0.6 is 0 Å². The SMILES string of the molecule is CCC(CN)C(=O)NCc1cccc(C)n1. The second-order valence-electron chi connectivity index (χ2n) is 3.83. The zero-order chi connectivity index (χ0) is 12.0. The van der Waals surface area contributed by atoms with Gasteiger partial charge in [-0.25, -0.2) is 0 Å². The predicted molar refractivity (Wildman–Crippen MR) is 63.7 cm³/mol. The maximum Gasteiger partial charge on any atom is 0.224 e. The zero-order valence-electron chi connectivity index (χ0n) is 9.86. The molecule has 0 fully saturated rings. The van der Waals surface area contributed by atoms with Gasteiger partial charge in [0, 0.05) is 18.2 Å². The number of nitrogens with one attached hydrogen (secondary N) is 1. The van der Waals surface area contributed by atoms with Crippen LogP contribution in [0.1, 0.15) is 24.7 Å². The van der Waals surface area contributed by atoms with Crippen molar-refractivity contribution in [2.75, 3.05) is 6.54 Å². The Labute approximate surface area is 96.3 Å². The average Bonchev–Trinajstić information content (AvgIpc) is 2.28. The summed E-state index contributed by atoms with van der Waals surface area (Å²) < 4.78 is 0. The Bertz CT molecular complexity index is 348. The molecule has 4 heteroatoms. The van der Waals surface area contributed by atoms with Crippen molar-refractivity contribution in [3.63, 3.8) is 0 Å². The molecule has 0 radical (unpaired) electrons. The minimum absolute atomic E-state index is 0.00769. The van der Waals surface area contributed by atoms with Gasteiger partial charge in [-0.1, -0.05) is 13.0 Å². The fourth-order valence-electron chi connectivity index (χ4n) is 1.48. The summed E-state index contributed by atoms with van der Waals surface area (Å²) in [5, 5.41) is 2.85. The van der Waals surface area contributed by atoms with Gasteiger partial charge in [0.15, 0.2) is 0 Å². The molecule has 16 heavy (non-hydrogen) atoms. The summed E-state index contributed by atoms with van der Waals surface area (Å²) in [6, 6.07) is 5.76. The standard InChI is InChI=1S/C12H19N3O/c1-3-10(7-13)12(16)14-8-11-6-4-5-9(2)15-11/h4-6,10H,3,7-8,13H2,1-2H3,(H,14,16). The minimum atomic E-state index is -0.0928. The lowest BCUT2D eigenvalue weighted by molar-refractivity contribution is -0.124. The summed E-state index contributed by atoms with van der Waals surface area (Å²) >= 11 is 0. The minimum Gasteiger partial charge on any atom is -0.350 e. The van der Waals surface area contributed by atoms with E-state index in [1.54, 1.807) is 0 Å². The normalized spacial score (nSPS) is 12.2. The lowest BCUT2D eigenvalue weighted by Gasteiger charge is -2.12. The van der Waals surface area contributed by atoms with Gasteiger partial charge in [0.1, 0.15) is 0 Å². The first kappa shape index (κ1) is 12.6. The quantitative estimate of drug-likeness (QED) is 0.779. The molecule has 1 unspecified atom stereocenters. The Morgan fingerprint density at radius 3 is 2.88 bits per heavy atom. The van der Waals surface area contributed by atoms with E-state index >= 15 is 0 Å². The molecule has 1 atom stereocenters. The van der Waals surface area contributed by atoms with Gasteiger partial charge in [-0.3, -0.25) is 9.78 Å². The Hall–Kier alpha value is -1.42. The molecule has 4 nitrogen and oxygen atoms in total. The van der Waals surface area contributed by atoms with Gasteiger partial charge < -0.3 is 11.1 Å². The molecule has 1 aromatic rings. The van der Waals surface area contributed by atoms with Gasteiger partial charge in [0.2, 0.25) is 5.91 Å². The molecule has 0 aromatic carbocycles. The smallest absolute Gasteiger partial charge is 0.224 e. The van der Waals surface area contributed by atoms with E-state index in [2.05, 4.69) is 10.3 Å². The largest absolute Gasteiger partial charge is 0.350 e. The first-order chi connectivity index (χ1) is 7.67. The van der Waals surface area contributed by atoms with Crippen molar-refractivity contribution < 1.29 is 4.79 Å². The molecule has 0 bridgehead atoms. The van der Waals surface area contributed by atoms with Crippen LogP contribution in [0.2, 0.25) is 0 Å². The van der Waals surface area contributed by atoms with Crippen molar-refractivity contribution in [1.82, 2.24) is 10.3 Å².